The Morgan fingerprint density at radius 2 is 1.40 bits per heavy atom. The van der Waals surface area contributed by atoms with Crippen LogP contribution in [0.3, 0.4) is 0 Å². The zero-order valence-electron chi connectivity index (χ0n) is 11.4. The zero-order valence-corrected chi connectivity index (χ0v) is 11.4. The average Bonchev–Trinajstić information content (AvgIpc) is 2.28. The van der Waals surface area contributed by atoms with E-state index >= 15 is 0 Å². The smallest absolute Gasteiger partial charge is 0.0357 e. The van der Waals surface area contributed by atoms with Gasteiger partial charge in [-0.3, -0.25) is 0 Å². The predicted octanol–water partition coefficient (Wildman–Crippen LogP) is 5.13. The summed E-state index contributed by atoms with van der Waals surface area (Å²) in [4.78, 5) is 0. The fraction of sp³-hybridized carbons (Fsp3) is 1.00. The molecule has 0 aromatic rings. The third-order valence-electron chi connectivity index (χ3n) is 5.31. The first-order chi connectivity index (χ1) is 7.11. The van der Waals surface area contributed by atoms with Crippen molar-refractivity contribution in [2.75, 3.05) is 0 Å². The Hall–Kier alpha value is 0. The van der Waals surface area contributed by atoms with E-state index in [-0.39, 0.29) is 0 Å². The lowest BCUT2D eigenvalue weighted by Crippen LogP contribution is -2.41. The van der Waals surface area contributed by atoms with Gasteiger partial charge in [-0.1, -0.05) is 60.3 Å². The van der Waals surface area contributed by atoms with Crippen molar-refractivity contribution < 1.29 is 0 Å². The molecule has 1 fully saturated rings. The normalized spacial score (nSPS) is 35.6. The third kappa shape index (κ3) is 2.98. The number of rotatable bonds is 6. The lowest BCUT2D eigenvalue weighted by atomic mass is 9.57. The highest BCUT2D eigenvalue weighted by molar-refractivity contribution is 4.89. The SMILES string of the molecule is CCC(CC)CCCC1C(C)C(C)C1C. The summed E-state index contributed by atoms with van der Waals surface area (Å²) < 4.78 is 0. The fourth-order valence-electron chi connectivity index (χ4n) is 3.46. The minimum absolute atomic E-state index is 0.975. The molecule has 90 valence electrons. The first-order valence-corrected chi connectivity index (χ1v) is 7.11. The Labute approximate surface area is 96.8 Å². The van der Waals surface area contributed by atoms with Crippen LogP contribution in [-0.2, 0) is 0 Å². The Morgan fingerprint density at radius 3 is 1.87 bits per heavy atom. The van der Waals surface area contributed by atoms with Crippen molar-refractivity contribution in [3.63, 3.8) is 0 Å². The third-order valence-corrected chi connectivity index (χ3v) is 5.31. The van der Waals surface area contributed by atoms with Crippen LogP contribution < -0.4 is 0 Å². The Bertz CT molecular complexity index is 159. The molecular weight excluding hydrogens is 180 g/mol. The van der Waals surface area contributed by atoms with Gasteiger partial charge in [0.15, 0.2) is 0 Å². The molecule has 0 saturated heterocycles. The molecule has 0 N–H and O–H groups in total. The van der Waals surface area contributed by atoms with Crippen molar-refractivity contribution in [1.82, 2.24) is 0 Å². The number of hydrogen-bond donors (Lipinski definition) is 0. The second-order valence-electron chi connectivity index (χ2n) is 5.85. The molecule has 2 unspecified atom stereocenters. The molecule has 0 heterocycles. The Balaban J connectivity index is 2.15. The van der Waals surface area contributed by atoms with E-state index in [0.717, 1.165) is 29.6 Å². The van der Waals surface area contributed by atoms with E-state index in [0.29, 0.717) is 0 Å². The minimum Gasteiger partial charge on any atom is -0.0651 e. The highest BCUT2D eigenvalue weighted by atomic mass is 14.5. The van der Waals surface area contributed by atoms with Crippen LogP contribution in [0.5, 0.6) is 0 Å². The van der Waals surface area contributed by atoms with E-state index in [4.69, 9.17) is 0 Å². The van der Waals surface area contributed by atoms with Crippen molar-refractivity contribution >= 4 is 0 Å². The summed E-state index contributed by atoms with van der Waals surface area (Å²) in [6, 6.07) is 0. The fourth-order valence-corrected chi connectivity index (χ4v) is 3.46. The van der Waals surface area contributed by atoms with Crippen LogP contribution in [0.4, 0.5) is 0 Å². The highest BCUT2D eigenvalue weighted by Gasteiger charge is 2.40. The molecule has 0 nitrogen and oxygen atoms in total. The van der Waals surface area contributed by atoms with Crippen molar-refractivity contribution in [3.8, 4) is 0 Å². The van der Waals surface area contributed by atoms with Gasteiger partial charge in [-0.25, -0.2) is 0 Å². The van der Waals surface area contributed by atoms with E-state index in [1.807, 2.05) is 0 Å². The van der Waals surface area contributed by atoms with E-state index in [1.165, 1.54) is 32.1 Å². The van der Waals surface area contributed by atoms with Crippen LogP contribution in [-0.4, -0.2) is 0 Å². The van der Waals surface area contributed by atoms with Gasteiger partial charge < -0.3 is 0 Å². The quantitative estimate of drug-likeness (QED) is 0.570. The van der Waals surface area contributed by atoms with Crippen LogP contribution >= 0.6 is 0 Å². The van der Waals surface area contributed by atoms with Crippen molar-refractivity contribution in [2.45, 2.75) is 66.7 Å². The average molecular weight is 210 g/mol. The monoisotopic (exact) mass is 210 g/mol. The molecule has 1 aliphatic rings. The van der Waals surface area contributed by atoms with Gasteiger partial charge in [0, 0.05) is 0 Å². The van der Waals surface area contributed by atoms with Crippen molar-refractivity contribution in [1.29, 1.82) is 0 Å². The van der Waals surface area contributed by atoms with Crippen molar-refractivity contribution in [2.24, 2.45) is 29.6 Å². The summed E-state index contributed by atoms with van der Waals surface area (Å²) in [5.74, 6) is 4.98. The van der Waals surface area contributed by atoms with Gasteiger partial charge in [-0.2, -0.15) is 0 Å². The summed E-state index contributed by atoms with van der Waals surface area (Å²) in [7, 11) is 0. The largest absolute Gasteiger partial charge is 0.0651 e. The molecule has 0 bridgehead atoms. The predicted molar refractivity (Wildman–Crippen MR) is 68.9 cm³/mol. The van der Waals surface area contributed by atoms with Gasteiger partial charge in [0.1, 0.15) is 0 Å². The van der Waals surface area contributed by atoms with Gasteiger partial charge in [0.25, 0.3) is 0 Å². The molecular formula is C15H30. The summed E-state index contributed by atoms with van der Waals surface area (Å²) in [6.07, 6.45) is 7.18. The van der Waals surface area contributed by atoms with E-state index in [9.17, 15) is 0 Å². The summed E-state index contributed by atoms with van der Waals surface area (Å²) in [5.41, 5.74) is 0. The molecule has 0 aromatic heterocycles. The Morgan fingerprint density at radius 1 is 0.867 bits per heavy atom. The Kier molecular flexibility index (Phi) is 5.15. The lowest BCUT2D eigenvalue weighted by molar-refractivity contribution is 0.00722. The summed E-state index contributed by atoms with van der Waals surface area (Å²) in [6.45, 7) is 12.0. The van der Waals surface area contributed by atoms with E-state index in [1.54, 1.807) is 0 Å². The molecule has 0 aromatic carbocycles. The topological polar surface area (TPSA) is 0 Å². The molecule has 1 rings (SSSR count). The molecule has 0 amide bonds. The van der Waals surface area contributed by atoms with Crippen LogP contribution in [0.15, 0.2) is 0 Å². The first-order valence-electron chi connectivity index (χ1n) is 7.11. The molecule has 0 spiro atoms. The standard InChI is InChI=1S/C15H30/c1-6-14(7-2)9-8-10-15-12(4)11(3)13(15)5/h11-15H,6-10H2,1-5H3. The van der Waals surface area contributed by atoms with Gasteiger partial charge in [0.05, 0.1) is 0 Å². The maximum atomic E-state index is 2.45. The van der Waals surface area contributed by atoms with Crippen LogP contribution in [0, 0.1) is 29.6 Å². The maximum absolute atomic E-state index is 2.45. The number of hydrogen-bond acceptors (Lipinski definition) is 0. The van der Waals surface area contributed by atoms with Gasteiger partial charge in [0.2, 0.25) is 0 Å². The van der Waals surface area contributed by atoms with Gasteiger partial charge >= 0.3 is 0 Å². The molecule has 2 atom stereocenters. The van der Waals surface area contributed by atoms with Gasteiger partial charge in [-0.05, 0) is 36.0 Å². The van der Waals surface area contributed by atoms with E-state index in [2.05, 4.69) is 34.6 Å². The second-order valence-corrected chi connectivity index (χ2v) is 5.85. The van der Waals surface area contributed by atoms with Crippen LogP contribution in [0.25, 0.3) is 0 Å². The van der Waals surface area contributed by atoms with Crippen LogP contribution in [0.2, 0.25) is 0 Å². The first kappa shape index (κ1) is 13.1. The van der Waals surface area contributed by atoms with E-state index < -0.39 is 0 Å². The molecule has 1 saturated carbocycles. The summed E-state index contributed by atoms with van der Waals surface area (Å²) in [5, 5.41) is 0. The lowest BCUT2D eigenvalue weighted by Gasteiger charge is -2.48. The molecule has 0 aliphatic heterocycles. The highest BCUT2D eigenvalue weighted by Crippen LogP contribution is 2.47. The molecule has 1 aliphatic carbocycles. The molecule has 15 heavy (non-hydrogen) atoms. The minimum atomic E-state index is 0.975. The molecule has 0 radical (unpaired) electrons. The zero-order chi connectivity index (χ0) is 11.4. The van der Waals surface area contributed by atoms with Crippen molar-refractivity contribution in [3.05, 3.63) is 0 Å². The summed E-state index contributed by atoms with van der Waals surface area (Å²) >= 11 is 0. The maximum Gasteiger partial charge on any atom is -0.0357 e. The van der Waals surface area contributed by atoms with Crippen LogP contribution in [0.1, 0.15) is 66.7 Å². The second kappa shape index (κ2) is 5.92. The molecule has 0 heteroatoms. The van der Waals surface area contributed by atoms with Gasteiger partial charge in [-0.15, -0.1) is 0 Å².